The van der Waals surface area contributed by atoms with Gasteiger partial charge in [0, 0.05) is 58.3 Å². The maximum atomic E-state index is 13.2. The van der Waals surface area contributed by atoms with Gasteiger partial charge in [0.2, 0.25) is 17.7 Å². The molecule has 0 aliphatic carbocycles. The van der Waals surface area contributed by atoms with Crippen LogP contribution in [0.5, 0.6) is 5.75 Å². The van der Waals surface area contributed by atoms with Crippen LogP contribution in [0, 0.1) is 0 Å². The van der Waals surface area contributed by atoms with Crippen molar-refractivity contribution in [2.24, 2.45) is 7.05 Å². The zero-order valence-corrected chi connectivity index (χ0v) is 36.3. The molecular weight excluding hydrogens is 849 g/mol. The number of para-hydroxylation sites is 1. The molecule has 6 rings (SSSR count). The first-order valence-electron chi connectivity index (χ1n) is 20.9. The highest BCUT2D eigenvalue weighted by Crippen LogP contribution is 2.37. The minimum atomic E-state index is -1.03. The van der Waals surface area contributed by atoms with Crippen LogP contribution in [0.25, 0.3) is 11.4 Å². The van der Waals surface area contributed by atoms with Gasteiger partial charge in [-0.2, -0.15) is 5.10 Å². The molecule has 1 unspecified atom stereocenters. The molecule has 0 radical (unpaired) electrons. The molecule has 0 spiro atoms. The Labute approximate surface area is 373 Å². The summed E-state index contributed by atoms with van der Waals surface area (Å²) < 4.78 is 29.5. The summed E-state index contributed by atoms with van der Waals surface area (Å²) in [6, 6.07) is 10.9. The predicted octanol–water partition coefficient (Wildman–Crippen LogP) is 0.882. The number of carbonyl (C=O) groups is 6. The molecule has 23 nitrogen and oxygen atoms in total. The fourth-order valence-electron chi connectivity index (χ4n) is 6.83. The van der Waals surface area contributed by atoms with Crippen molar-refractivity contribution in [1.29, 1.82) is 0 Å². The number of ether oxygens (including phenoxy) is 5. The van der Waals surface area contributed by atoms with Gasteiger partial charge in [-0.25, -0.2) is 4.98 Å². The van der Waals surface area contributed by atoms with Crippen molar-refractivity contribution in [1.82, 2.24) is 45.8 Å². The van der Waals surface area contributed by atoms with Crippen molar-refractivity contribution in [2.45, 2.75) is 25.3 Å². The van der Waals surface area contributed by atoms with E-state index < -0.39 is 35.6 Å². The number of aryl methyl sites for hydroxylation is 1. The van der Waals surface area contributed by atoms with E-state index in [4.69, 9.17) is 23.7 Å². The van der Waals surface area contributed by atoms with Crippen molar-refractivity contribution in [3.8, 4) is 17.1 Å². The first-order chi connectivity index (χ1) is 31.6. The van der Waals surface area contributed by atoms with Crippen molar-refractivity contribution in [3.05, 3.63) is 65.6 Å². The van der Waals surface area contributed by atoms with Crippen molar-refractivity contribution in [3.63, 3.8) is 0 Å². The number of carbonyl (C=O) groups excluding carboxylic acids is 6. The predicted molar refractivity (Wildman–Crippen MR) is 233 cm³/mol. The number of nitrogens with one attached hydrogen (secondary N) is 6. The van der Waals surface area contributed by atoms with E-state index in [0.717, 1.165) is 4.90 Å². The molecule has 1 atom stereocenters. The molecule has 65 heavy (non-hydrogen) atoms. The summed E-state index contributed by atoms with van der Waals surface area (Å²) in [6.45, 7) is 3.51. The van der Waals surface area contributed by atoms with E-state index in [0.29, 0.717) is 106 Å². The number of hydrogen-bond acceptors (Lipinski definition) is 18. The van der Waals surface area contributed by atoms with Crippen LogP contribution in [-0.4, -0.2) is 158 Å². The van der Waals surface area contributed by atoms with E-state index in [1.807, 2.05) is 12.1 Å². The van der Waals surface area contributed by atoms with Gasteiger partial charge in [0.1, 0.15) is 12.4 Å². The Kier molecular flexibility index (Phi) is 17.2. The van der Waals surface area contributed by atoms with Gasteiger partial charge < -0.3 is 50.3 Å². The minimum absolute atomic E-state index is 0.0487. The zero-order valence-electron chi connectivity index (χ0n) is 36.3. The topological polar surface area (TPSA) is 280 Å². The Morgan fingerprint density at radius 1 is 0.800 bits per heavy atom. The monoisotopic (exact) mass is 900 g/mol. The van der Waals surface area contributed by atoms with E-state index in [2.05, 4.69) is 52.2 Å². The van der Waals surface area contributed by atoms with E-state index in [1.54, 1.807) is 42.3 Å². The van der Waals surface area contributed by atoms with Crippen molar-refractivity contribution < 1.29 is 52.5 Å². The molecule has 6 N–H and O–H groups in total. The highest BCUT2D eigenvalue weighted by molar-refractivity contribution is 6.25. The summed E-state index contributed by atoms with van der Waals surface area (Å²) >= 11 is 0. The van der Waals surface area contributed by atoms with Gasteiger partial charge in [0.05, 0.1) is 88.0 Å². The number of anilines is 4. The van der Waals surface area contributed by atoms with Crippen LogP contribution in [0.3, 0.4) is 0 Å². The van der Waals surface area contributed by atoms with Gasteiger partial charge in [0.15, 0.2) is 23.1 Å². The van der Waals surface area contributed by atoms with Crippen LogP contribution in [0.15, 0.2) is 48.8 Å². The second kappa shape index (κ2) is 23.6. The number of aromatic nitrogens is 5. The Balaban J connectivity index is 0.785. The third-order valence-electron chi connectivity index (χ3n) is 9.94. The van der Waals surface area contributed by atoms with Gasteiger partial charge in [-0.05, 0) is 30.7 Å². The summed E-state index contributed by atoms with van der Waals surface area (Å²) in [5.74, 6) is -1.55. The average molecular weight is 901 g/mol. The molecule has 2 aromatic heterocycles. The number of piperidine rings is 1. The van der Waals surface area contributed by atoms with Crippen molar-refractivity contribution in [2.75, 3.05) is 103 Å². The normalized spacial score (nSPS) is 14.5. The number of hydrogen-bond donors (Lipinski definition) is 6. The van der Waals surface area contributed by atoms with Gasteiger partial charge in [-0.15, -0.1) is 10.2 Å². The molecular formula is C42H52N12O11. The van der Waals surface area contributed by atoms with Crippen molar-refractivity contribution >= 4 is 58.3 Å². The second-order valence-electron chi connectivity index (χ2n) is 14.4. The molecule has 2 aliphatic rings. The standard InChI is InChI=1S/C42H52N12O11/c1-43-40(58)36-30(48-29-9-5-7-27(37(29)61-3)38-47-25-53(2)52-38)24-32(50-51-36)45-13-14-46-33(55)12-16-62-18-20-64-22-23-65-21-19-63-17-15-44-28-8-4-6-26-35(28)42(60)54(41(26)59)31-10-11-34(56)49-39(31)57/h4-9,24-25,31,44H,10-23H2,1-3H3,(H,43,58)(H,46,55)(H2,45,48,50)(H,49,56,57). The molecule has 6 amide bonds. The first-order valence-corrected chi connectivity index (χ1v) is 20.9. The van der Waals surface area contributed by atoms with Crippen LogP contribution in [0.4, 0.5) is 22.9 Å². The maximum Gasteiger partial charge on any atom is 0.273 e. The zero-order chi connectivity index (χ0) is 46.1. The van der Waals surface area contributed by atoms with Crippen LogP contribution >= 0.6 is 0 Å². The van der Waals surface area contributed by atoms with Gasteiger partial charge in [-0.3, -0.25) is 43.7 Å². The lowest BCUT2D eigenvalue weighted by atomic mass is 10.0. The minimum Gasteiger partial charge on any atom is -0.494 e. The SMILES string of the molecule is CNC(=O)c1nnc(NCCNC(=O)CCOCCOCCOCCOCCNc2cccc3c2C(=O)N(C2CCC(=O)NC2=O)C3=O)cc1Nc1cccc(-c2ncn(C)n2)c1OC. The molecule has 346 valence electrons. The Bertz CT molecular complexity index is 2340. The average Bonchev–Trinajstić information content (AvgIpc) is 3.85. The second-order valence-corrected chi connectivity index (χ2v) is 14.4. The van der Waals surface area contributed by atoms with E-state index >= 15 is 0 Å². The van der Waals surface area contributed by atoms with Crippen LogP contribution < -0.4 is 36.6 Å². The lowest BCUT2D eigenvalue weighted by Crippen LogP contribution is -2.54. The molecule has 4 heterocycles. The summed E-state index contributed by atoms with van der Waals surface area (Å²) in [4.78, 5) is 80.3. The third kappa shape index (κ3) is 12.6. The lowest BCUT2D eigenvalue weighted by Gasteiger charge is -2.27. The molecule has 1 fully saturated rings. The molecule has 4 aromatic rings. The molecule has 1 saturated heterocycles. The number of methoxy groups -OCH3 is 1. The molecule has 2 aromatic carbocycles. The number of rotatable bonds is 26. The first kappa shape index (κ1) is 47.4. The lowest BCUT2D eigenvalue weighted by molar-refractivity contribution is -0.136. The fraction of sp³-hybridized carbons (Fsp3) is 0.429. The summed E-state index contributed by atoms with van der Waals surface area (Å²) in [7, 11) is 4.80. The number of amides is 6. The van der Waals surface area contributed by atoms with E-state index in [9.17, 15) is 28.8 Å². The van der Waals surface area contributed by atoms with Crippen LogP contribution in [-0.2, 0) is 40.4 Å². The molecule has 0 saturated carbocycles. The summed E-state index contributed by atoms with van der Waals surface area (Å²) in [5, 5.41) is 29.7. The van der Waals surface area contributed by atoms with Crippen LogP contribution in [0.2, 0.25) is 0 Å². The number of benzene rings is 2. The summed E-state index contributed by atoms with van der Waals surface area (Å²) in [6.07, 6.45) is 1.88. The van der Waals surface area contributed by atoms with E-state index in [-0.39, 0.29) is 48.6 Å². The largest absolute Gasteiger partial charge is 0.494 e. The quantitative estimate of drug-likeness (QED) is 0.0377. The maximum absolute atomic E-state index is 13.2. The molecule has 23 heteroatoms. The number of nitrogens with zero attached hydrogens (tertiary/aromatic N) is 6. The van der Waals surface area contributed by atoms with Gasteiger partial charge in [-0.1, -0.05) is 12.1 Å². The highest BCUT2D eigenvalue weighted by Gasteiger charge is 2.45. The Morgan fingerprint density at radius 3 is 2.17 bits per heavy atom. The van der Waals surface area contributed by atoms with Gasteiger partial charge >= 0.3 is 0 Å². The van der Waals surface area contributed by atoms with E-state index in [1.165, 1.54) is 20.2 Å². The fourth-order valence-corrected chi connectivity index (χ4v) is 6.83. The van der Waals surface area contributed by atoms with Gasteiger partial charge in [0.25, 0.3) is 17.7 Å². The number of imide groups is 2. The highest BCUT2D eigenvalue weighted by atomic mass is 16.6. The Morgan fingerprint density at radius 2 is 1.49 bits per heavy atom. The Hall–Kier alpha value is -7.08. The third-order valence-corrected chi connectivity index (χ3v) is 9.94. The molecule has 2 aliphatic heterocycles. The summed E-state index contributed by atoms with van der Waals surface area (Å²) in [5.41, 5.74) is 2.49. The molecule has 0 bridgehead atoms. The van der Waals surface area contributed by atoms with Crippen LogP contribution in [0.1, 0.15) is 50.5 Å². The smallest absolute Gasteiger partial charge is 0.273 e. The number of fused-ring (bicyclic) bond motifs is 1.